The third kappa shape index (κ3) is 12.0. The molecular formula is C64H73N6O10+. The van der Waals surface area contributed by atoms with Crippen LogP contribution in [0.2, 0.25) is 0 Å². The van der Waals surface area contributed by atoms with Crippen molar-refractivity contribution >= 4 is 34.6 Å². The van der Waals surface area contributed by atoms with E-state index in [1.165, 1.54) is 33.3 Å². The summed E-state index contributed by atoms with van der Waals surface area (Å²) in [6.07, 6.45) is 11.1. The van der Waals surface area contributed by atoms with Crippen molar-refractivity contribution in [3.05, 3.63) is 132 Å². The Hall–Kier alpha value is -6.85. The molecule has 80 heavy (non-hydrogen) atoms. The fourth-order valence-corrected chi connectivity index (χ4v) is 12.9. The Morgan fingerprint density at radius 2 is 1.34 bits per heavy atom. The van der Waals surface area contributed by atoms with E-state index in [0.29, 0.717) is 120 Å². The largest absolute Gasteiger partial charge is 0.478 e. The van der Waals surface area contributed by atoms with Gasteiger partial charge in [0.2, 0.25) is 11.2 Å². The molecule has 1 aromatic heterocycles. The van der Waals surface area contributed by atoms with E-state index in [1.807, 2.05) is 44.2 Å². The monoisotopic (exact) mass is 1090 g/mol. The van der Waals surface area contributed by atoms with Crippen LogP contribution in [0.15, 0.2) is 65.7 Å². The molecule has 5 aromatic rings. The lowest BCUT2D eigenvalue weighted by atomic mass is 9.72. The normalized spacial score (nSPS) is 16.9. The first-order chi connectivity index (χ1) is 38.9. The van der Waals surface area contributed by atoms with E-state index in [9.17, 15) is 24.3 Å². The third-order valence-electron chi connectivity index (χ3n) is 16.6. The Balaban J connectivity index is 0.638. The summed E-state index contributed by atoms with van der Waals surface area (Å²) in [6.45, 7) is 12.7. The van der Waals surface area contributed by atoms with E-state index in [1.54, 1.807) is 19.1 Å². The lowest BCUT2D eigenvalue weighted by molar-refractivity contribution is -0.127. The number of nitrogens with zero attached hydrogens (tertiary/aromatic N) is 6. The molecule has 1 saturated carbocycles. The molecule has 0 amide bonds. The zero-order chi connectivity index (χ0) is 55.3. The second kappa shape index (κ2) is 24.5. The summed E-state index contributed by atoms with van der Waals surface area (Å²) in [7, 11) is 0. The van der Waals surface area contributed by atoms with Gasteiger partial charge in [0, 0.05) is 96.1 Å². The molecule has 16 nitrogen and oxygen atoms in total. The topological polar surface area (TPSA) is 192 Å². The zero-order valence-electron chi connectivity index (χ0n) is 46.6. The number of carbonyl (C=O) groups is 4. The molecule has 6 aliphatic rings. The molecule has 6 heterocycles. The SMILES string of the molecule is Cc1nnc(-c2ccc(CCC(CCOCCOCCOCCOCCCC(=O)c3ccc(C4=c5cc6c7c(c5Oc5c4cc4c8c5CCCN8CCC4)CCC[N+]=7CCC6)c(C(=O)O)c3)=C3C(=O)CC(C)(C)CC3=O)cc2)nn1. The summed E-state index contributed by atoms with van der Waals surface area (Å²) in [5, 5.41) is 29.4. The van der Waals surface area contributed by atoms with Gasteiger partial charge in [-0.15, -0.1) is 20.4 Å². The predicted molar refractivity (Wildman–Crippen MR) is 301 cm³/mol. The lowest BCUT2D eigenvalue weighted by Gasteiger charge is -2.39. The molecule has 1 fully saturated rings. The van der Waals surface area contributed by atoms with Crippen LogP contribution < -0.4 is 24.8 Å². The molecule has 1 N–H and O–H groups in total. The lowest BCUT2D eigenvalue weighted by Crippen LogP contribution is -2.45. The van der Waals surface area contributed by atoms with Gasteiger partial charge in [-0.2, -0.15) is 0 Å². The molecule has 16 heteroatoms. The van der Waals surface area contributed by atoms with Gasteiger partial charge in [0.1, 0.15) is 24.6 Å². The number of ether oxygens (including phenoxy) is 5. The minimum absolute atomic E-state index is 0.0914. The van der Waals surface area contributed by atoms with Gasteiger partial charge in [0.25, 0.3) is 0 Å². The molecule has 418 valence electrons. The van der Waals surface area contributed by atoms with Crippen LogP contribution in [0.4, 0.5) is 5.69 Å². The molecule has 0 spiro atoms. The number of aryl methyl sites for hydroxylation is 4. The number of allylic oxidation sites excluding steroid dienone is 1. The number of fused-ring (bicyclic) bond motifs is 4. The fraction of sp³-hybridized carbons (Fsp3) is 0.484. The highest BCUT2D eigenvalue weighted by Crippen LogP contribution is 2.49. The van der Waals surface area contributed by atoms with E-state index >= 15 is 0 Å². The van der Waals surface area contributed by atoms with E-state index < -0.39 is 5.97 Å². The van der Waals surface area contributed by atoms with Crippen LogP contribution in [-0.4, -0.2) is 128 Å². The zero-order valence-corrected chi connectivity index (χ0v) is 46.6. The molecule has 0 radical (unpaired) electrons. The molecule has 0 unspecified atom stereocenters. The molecular weight excluding hydrogens is 1010 g/mol. The molecule has 1 aliphatic carbocycles. The number of carboxylic acids is 1. The molecule has 11 rings (SSSR count). The molecule has 0 saturated heterocycles. The van der Waals surface area contributed by atoms with Crippen LogP contribution in [0.1, 0.15) is 144 Å². The smallest absolute Gasteiger partial charge is 0.336 e. The number of aromatic carboxylic acids is 1. The maximum absolute atomic E-state index is 13.7. The van der Waals surface area contributed by atoms with Crippen LogP contribution >= 0.6 is 0 Å². The Kier molecular flexibility index (Phi) is 16.9. The number of hydrogen-bond acceptors (Lipinski definition) is 14. The summed E-state index contributed by atoms with van der Waals surface area (Å²) >= 11 is 0. The van der Waals surface area contributed by atoms with Gasteiger partial charge in [-0.25, -0.2) is 9.37 Å². The van der Waals surface area contributed by atoms with Crippen molar-refractivity contribution in [2.75, 3.05) is 83.9 Å². The van der Waals surface area contributed by atoms with Gasteiger partial charge >= 0.3 is 5.97 Å². The Morgan fingerprint density at radius 1 is 0.688 bits per heavy atom. The highest BCUT2D eigenvalue weighted by Gasteiger charge is 2.39. The maximum Gasteiger partial charge on any atom is 0.336 e. The van der Waals surface area contributed by atoms with Gasteiger partial charge in [-0.1, -0.05) is 55.8 Å². The van der Waals surface area contributed by atoms with Gasteiger partial charge in [-0.3, -0.25) is 14.4 Å². The minimum atomic E-state index is -1.07. The van der Waals surface area contributed by atoms with Crippen molar-refractivity contribution in [1.82, 2.24) is 25.0 Å². The Labute approximate surface area is 467 Å². The van der Waals surface area contributed by atoms with Gasteiger partial charge in [0.15, 0.2) is 23.2 Å². The van der Waals surface area contributed by atoms with E-state index in [4.69, 9.17) is 23.7 Å². The first-order valence-corrected chi connectivity index (χ1v) is 29.0. The minimum Gasteiger partial charge on any atom is -0.478 e. The summed E-state index contributed by atoms with van der Waals surface area (Å²) in [5.41, 5.74) is 12.0. The van der Waals surface area contributed by atoms with E-state index in [2.05, 4.69) is 42.0 Å². The quantitative estimate of drug-likeness (QED) is 0.0216. The third-order valence-corrected chi connectivity index (χ3v) is 16.6. The summed E-state index contributed by atoms with van der Waals surface area (Å²) in [5.74, 6) is 1.31. The highest BCUT2D eigenvalue weighted by atomic mass is 16.6. The summed E-state index contributed by atoms with van der Waals surface area (Å²) < 4.78 is 32.9. The molecule has 0 atom stereocenters. The van der Waals surface area contributed by atoms with Crippen molar-refractivity contribution in [2.24, 2.45) is 5.41 Å². The standard InChI is InChI=1S/C64H72N6O10/c1-40-65-67-62(68-66-40)43-18-15-41(16-19-43)14-17-42(56-54(72)38-64(2,3)39-55(56)73)22-28-77-30-32-79-34-33-78-31-29-76-27-8-13-53(71)44-20-21-47(50(35-44)63(74)75)57-51-36-45-9-4-23-69-25-6-11-48(58(45)69)60(51)80-61-49-12-7-26-70-24-5-10-46(59(49)70)37-52(57)61/h15-16,18-21,35-37H,4-14,17,22-34,38-39H2,1-3H3/p+1. The second-order valence-electron chi connectivity index (χ2n) is 22.9. The number of hydrogen-bond donors (Lipinski definition) is 1. The highest BCUT2D eigenvalue weighted by molar-refractivity contribution is 6.22. The number of Topliss-reactive ketones (excluding diaryl/α,β-unsaturated/α-hetero) is 3. The van der Waals surface area contributed by atoms with Crippen molar-refractivity contribution in [3.8, 4) is 22.9 Å². The van der Waals surface area contributed by atoms with Crippen LogP contribution in [0.3, 0.4) is 0 Å². The van der Waals surface area contributed by atoms with Crippen LogP contribution in [0.25, 0.3) is 17.0 Å². The van der Waals surface area contributed by atoms with Crippen LogP contribution in [0.5, 0.6) is 11.5 Å². The average molecular weight is 1090 g/mol. The van der Waals surface area contributed by atoms with Gasteiger partial charge in [-0.05, 0) is 111 Å². The number of benzene rings is 4. The first-order valence-electron chi connectivity index (χ1n) is 29.0. The fourth-order valence-electron chi connectivity index (χ4n) is 12.9. The van der Waals surface area contributed by atoms with Crippen molar-refractivity contribution in [3.63, 3.8) is 0 Å². The predicted octanol–water partition coefficient (Wildman–Crippen LogP) is 7.68. The summed E-state index contributed by atoms with van der Waals surface area (Å²) in [6, 6.07) is 17.6. The van der Waals surface area contributed by atoms with E-state index in [-0.39, 0.29) is 34.7 Å². The first kappa shape index (κ1) is 55.1. The summed E-state index contributed by atoms with van der Waals surface area (Å²) in [4.78, 5) is 56.2. The average Bonchev–Trinajstić information content (AvgIpc) is 3.52. The Bertz CT molecular complexity index is 3360. The van der Waals surface area contributed by atoms with Gasteiger partial charge < -0.3 is 33.7 Å². The number of carbonyl (C=O) groups excluding carboxylic acids is 3. The molecule has 5 aliphatic heterocycles. The number of aromatic nitrogens is 4. The number of carboxylic acid groups (broad SMARTS) is 1. The van der Waals surface area contributed by atoms with Crippen molar-refractivity contribution in [2.45, 2.75) is 117 Å². The Morgan fingerprint density at radius 3 is 2.05 bits per heavy atom. The number of anilines is 1. The van der Waals surface area contributed by atoms with E-state index in [0.717, 1.165) is 122 Å². The number of rotatable bonds is 23. The molecule has 4 aromatic carbocycles. The van der Waals surface area contributed by atoms with Gasteiger partial charge in [0.05, 0.1) is 62.9 Å². The van der Waals surface area contributed by atoms with Crippen molar-refractivity contribution < 1.29 is 48.0 Å². The van der Waals surface area contributed by atoms with Crippen molar-refractivity contribution in [1.29, 1.82) is 0 Å². The second-order valence-corrected chi connectivity index (χ2v) is 22.9. The molecule has 0 bridgehead atoms. The van der Waals surface area contributed by atoms with Crippen LogP contribution in [0, 0.1) is 12.3 Å². The maximum atomic E-state index is 13.7. The van der Waals surface area contributed by atoms with Crippen LogP contribution in [-0.2, 0) is 60.6 Å². The number of ketones is 3.